The summed E-state index contributed by atoms with van der Waals surface area (Å²) in [5.74, 6) is 0. The molecule has 0 aliphatic carbocycles. The van der Waals surface area contributed by atoms with Gasteiger partial charge >= 0.3 is 0 Å². The number of hydrogen-bond acceptors (Lipinski definition) is 3. The second kappa shape index (κ2) is 5.58. The third kappa shape index (κ3) is 3.25. The average molecular weight is 186 g/mol. The van der Waals surface area contributed by atoms with Crippen LogP contribution >= 0.6 is 0 Å². The number of likely N-dealkylation sites (N-methyl/N-ethyl adjacent to an activating group) is 1. The van der Waals surface area contributed by atoms with Gasteiger partial charge in [-0.15, -0.1) is 0 Å². The molecule has 1 rings (SSSR count). The fourth-order valence-corrected chi connectivity index (χ4v) is 1.95. The second-order valence-corrected chi connectivity index (χ2v) is 3.92. The van der Waals surface area contributed by atoms with Crippen molar-refractivity contribution in [1.82, 2.24) is 9.80 Å². The Morgan fingerprint density at radius 2 is 2.15 bits per heavy atom. The first kappa shape index (κ1) is 11.0. The molecule has 0 radical (unpaired) electrons. The van der Waals surface area contributed by atoms with E-state index in [1.54, 1.807) is 0 Å². The van der Waals surface area contributed by atoms with Gasteiger partial charge in [-0.25, -0.2) is 0 Å². The van der Waals surface area contributed by atoms with Gasteiger partial charge < -0.3 is 14.9 Å². The minimum absolute atomic E-state index is 0.323. The van der Waals surface area contributed by atoms with E-state index in [1.165, 1.54) is 19.5 Å². The Balaban J connectivity index is 2.27. The lowest BCUT2D eigenvalue weighted by Crippen LogP contribution is -2.51. The smallest absolute Gasteiger partial charge is 0.0443 e. The molecule has 1 N–H and O–H groups in total. The van der Waals surface area contributed by atoms with Gasteiger partial charge in [0.2, 0.25) is 0 Å². The van der Waals surface area contributed by atoms with E-state index in [9.17, 15) is 0 Å². The molecule has 1 heterocycles. The largest absolute Gasteiger partial charge is 0.396 e. The zero-order valence-corrected chi connectivity index (χ0v) is 8.87. The fourth-order valence-electron chi connectivity index (χ4n) is 1.95. The monoisotopic (exact) mass is 186 g/mol. The van der Waals surface area contributed by atoms with Crippen LogP contribution in [0.4, 0.5) is 0 Å². The summed E-state index contributed by atoms with van der Waals surface area (Å²) in [6, 6.07) is 0.715. The first-order valence-corrected chi connectivity index (χ1v) is 5.31. The maximum atomic E-state index is 8.73. The summed E-state index contributed by atoms with van der Waals surface area (Å²) in [6.45, 7) is 7.13. The van der Waals surface area contributed by atoms with Crippen molar-refractivity contribution in [3.63, 3.8) is 0 Å². The third-order valence-electron chi connectivity index (χ3n) is 2.96. The number of aliphatic hydroxyl groups is 1. The zero-order chi connectivity index (χ0) is 9.68. The van der Waals surface area contributed by atoms with Crippen molar-refractivity contribution in [3.8, 4) is 0 Å². The molecule has 1 saturated heterocycles. The Hall–Kier alpha value is -0.120. The van der Waals surface area contributed by atoms with Crippen LogP contribution in [0.1, 0.15) is 19.8 Å². The average Bonchev–Trinajstić information content (AvgIpc) is 2.16. The lowest BCUT2D eigenvalue weighted by Gasteiger charge is -2.39. The van der Waals surface area contributed by atoms with Crippen LogP contribution in [0, 0.1) is 0 Å². The van der Waals surface area contributed by atoms with E-state index in [-0.39, 0.29) is 0 Å². The van der Waals surface area contributed by atoms with Crippen LogP contribution in [-0.4, -0.2) is 60.8 Å². The Kier molecular flexibility index (Phi) is 4.70. The number of nitrogens with zero attached hydrogens (tertiary/aromatic N) is 2. The van der Waals surface area contributed by atoms with Gasteiger partial charge in [0, 0.05) is 38.8 Å². The maximum Gasteiger partial charge on any atom is 0.0443 e. The van der Waals surface area contributed by atoms with Crippen LogP contribution in [0.2, 0.25) is 0 Å². The highest BCUT2D eigenvalue weighted by Crippen LogP contribution is 2.10. The van der Waals surface area contributed by atoms with Crippen molar-refractivity contribution in [2.24, 2.45) is 0 Å². The molecule has 0 aromatic heterocycles. The van der Waals surface area contributed by atoms with Crippen LogP contribution < -0.4 is 0 Å². The van der Waals surface area contributed by atoms with Crippen LogP contribution in [0.5, 0.6) is 0 Å². The molecular weight excluding hydrogens is 164 g/mol. The molecule has 0 amide bonds. The van der Waals surface area contributed by atoms with Crippen LogP contribution in [-0.2, 0) is 0 Å². The zero-order valence-electron chi connectivity index (χ0n) is 8.87. The van der Waals surface area contributed by atoms with Crippen molar-refractivity contribution < 1.29 is 5.11 Å². The Labute approximate surface area is 81.3 Å². The maximum absolute atomic E-state index is 8.73. The van der Waals surface area contributed by atoms with Gasteiger partial charge in [0.15, 0.2) is 0 Å². The highest BCUT2D eigenvalue weighted by atomic mass is 16.3. The van der Waals surface area contributed by atoms with Crippen LogP contribution in [0.3, 0.4) is 0 Å². The summed E-state index contributed by atoms with van der Waals surface area (Å²) >= 11 is 0. The third-order valence-corrected chi connectivity index (χ3v) is 2.96. The van der Waals surface area contributed by atoms with E-state index >= 15 is 0 Å². The molecule has 1 aliphatic heterocycles. The van der Waals surface area contributed by atoms with Gasteiger partial charge in [0.05, 0.1) is 0 Å². The molecule has 0 aromatic carbocycles. The van der Waals surface area contributed by atoms with E-state index in [4.69, 9.17) is 5.11 Å². The summed E-state index contributed by atoms with van der Waals surface area (Å²) in [6.07, 6.45) is 2.15. The Morgan fingerprint density at radius 3 is 2.77 bits per heavy atom. The summed E-state index contributed by atoms with van der Waals surface area (Å²) in [7, 11) is 2.21. The lowest BCUT2D eigenvalue weighted by molar-refractivity contribution is 0.0881. The molecule has 0 spiro atoms. The van der Waals surface area contributed by atoms with E-state index in [1.807, 2.05) is 0 Å². The van der Waals surface area contributed by atoms with Gasteiger partial charge in [-0.1, -0.05) is 6.92 Å². The second-order valence-electron chi connectivity index (χ2n) is 3.92. The summed E-state index contributed by atoms with van der Waals surface area (Å²) in [5.41, 5.74) is 0. The van der Waals surface area contributed by atoms with Gasteiger partial charge in [-0.3, -0.25) is 0 Å². The lowest BCUT2D eigenvalue weighted by atomic mass is 10.1. The first-order chi connectivity index (χ1) is 6.27. The van der Waals surface area contributed by atoms with Crippen molar-refractivity contribution in [2.45, 2.75) is 25.8 Å². The molecule has 0 saturated carbocycles. The summed E-state index contributed by atoms with van der Waals surface area (Å²) in [4.78, 5) is 4.90. The summed E-state index contributed by atoms with van der Waals surface area (Å²) < 4.78 is 0. The van der Waals surface area contributed by atoms with E-state index in [0.29, 0.717) is 12.6 Å². The molecule has 13 heavy (non-hydrogen) atoms. The van der Waals surface area contributed by atoms with Gasteiger partial charge in [-0.2, -0.15) is 0 Å². The number of aliphatic hydroxyl groups excluding tert-OH is 1. The van der Waals surface area contributed by atoms with Crippen molar-refractivity contribution in [1.29, 1.82) is 0 Å². The predicted molar refractivity (Wildman–Crippen MR) is 54.9 cm³/mol. The Morgan fingerprint density at radius 1 is 1.38 bits per heavy atom. The summed E-state index contributed by atoms with van der Waals surface area (Å²) in [5, 5.41) is 8.73. The van der Waals surface area contributed by atoms with E-state index in [2.05, 4.69) is 23.8 Å². The Bertz CT molecular complexity index is 139. The highest BCUT2D eigenvalue weighted by Gasteiger charge is 2.21. The van der Waals surface area contributed by atoms with E-state index < -0.39 is 0 Å². The molecule has 1 fully saturated rings. The number of piperazine rings is 1. The first-order valence-electron chi connectivity index (χ1n) is 5.31. The molecule has 3 heteroatoms. The number of hydrogen-bond donors (Lipinski definition) is 1. The highest BCUT2D eigenvalue weighted by molar-refractivity contribution is 4.78. The quantitative estimate of drug-likeness (QED) is 0.688. The van der Waals surface area contributed by atoms with Crippen molar-refractivity contribution >= 4 is 0 Å². The normalized spacial score (nSPS) is 26.5. The molecule has 78 valence electrons. The van der Waals surface area contributed by atoms with Gasteiger partial charge in [-0.05, 0) is 19.9 Å². The predicted octanol–water partition coefficient (Wildman–Crippen LogP) is 0.395. The van der Waals surface area contributed by atoms with Crippen LogP contribution in [0.15, 0.2) is 0 Å². The standard InChI is InChI=1S/C10H22N2O/c1-3-10-9-12(5-4-8-13)7-6-11(10)2/h10,13H,3-9H2,1-2H3. The minimum atomic E-state index is 0.323. The molecular formula is C10H22N2O. The number of rotatable bonds is 4. The van der Waals surface area contributed by atoms with Gasteiger partial charge in [0.1, 0.15) is 0 Å². The molecule has 0 aromatic rings. The molecule has 1 aliphatic rings. The van der Waals surface area contributed by atoms with E-state index in [0.717, 1.165) is 19.5 Å². The van der Waals surface area contributed by atoms with Crippen LogP contribution in [0.25, 0.3) is 0 Å². The topological polar surface area (TPSA) is 26.7 Å². The fraction of sp³-hybridized carbons (Fsp3) is 1.00. The molecule has 1 atom stereocenters. The van der Waals surface area contributed by atoms with Gasteiger partial charge in [0.25, 0.3) is 0 Å². The van der Waals surface area contributed by atoms with Crippen molar-refractivity contribution in [3.05, 3.63) is 0 Å². The molecule has 1 unspecified atom stereocenters. The molecule has 3 nitrogen and oxygen atoms in total. The van der Waals surface area contributed by atoms with Crippen molar-refractivity contribution in [2.75, 3.05) is 39.8 Å². The SMILES string of the molecule is CCC1CN(CCCO)CCN1C. The molecule has 0 bridgehead atoms. The minimum Gasteiger partial charge on any atom is -0.396 e.